The van der Waals surface area contributed by atoms with Gasteiger partial charge in [-0.15, -0.1) is 0 Å². The molecule has 0 fully saturated rings. The number of carbonyl (C=O) groups is 2. The molecule has 0 aliphatic heterocycles. The van der Waals surface area contributed by atoms with Crippen LogP contribution in [0.2, 0.25) is 0 Å². The number of benzene rings is 2. The van der Waals surface area contributed by atoms with Crippen LogP contribution in [0.3, 0.4) is 0 Å². The smallest absolute Gasteiger partial charge is 0.343 e. The van der Waals surface area contributed by atoms with Crippen molar-refractivity contribution in [2.24, 2.45) is 0 Å². The lowest BCUT2D eigenvalue weighted by atomic mass is 10.1. The number of nitriles is 1. The highest BCUT2D eigenvalue weighted by molar-refractivity contribution is 5.91. The summed E-state index contributed by atoms with van der Waals surface area (Å²) in [6.07, 6.45) is 0.885. The second kappa shape index (κ2) is 8.32. The molecule has 0 aromatic heterocycles. The van der Waals surface area contributed by atoms with Crippen molar-refractivity contribution in [1.29, 1.82) is 5.26 Å². The Labute approximate surface area is 127 Å². The van der Waals surface area contributed by atoms with E-state index in [1.54, 1.807) is 18.2 Å². The lowest BCUT2D eigenvalue weighted by Gasteiger charge is -2.05. The van der Waals surface area contributed by atoms with Gasteiger partial charge in [0.05, 0.1) is 11.1 Å². The summed E-state index contributed by atoms with van der Waals surface area (Å²) in [4.78, 5) is 19.9. The van der Waals surface area contributed by atoms with Gasteiger partial charge in [0.15, 0.2) is 0 Å². The molecule has 2 aromatic carbocycles. The molecule has 0 saturated carbocycles. The Hall–Kier alpha value is -3.00. The number of hydrogen-bond donors (Lipinski definition) is 0. The number of nitrogens with zero attached hydrogens (tertiary/aromatic N) is 1. The third kappa shape index (κ3) is 4.25. The Morgan fingerprint density at radius 2 is 1.86 bits per heavy atom. The van der Waals surface area contributed by atoms with Crippen LogP contribution in [0.4, 0.5) is 4.39 Å². The minimum absolute atomic E-state index is 0.0751. The molecule has 4 nitrogen and oxygen atoms in total. The summed E-state index contributed by atoms with van der Waals surface area (Å²) in [7, 11) is 0. The molecule has 0 aliphatic rings. The maximum atomic E-state index is 13.4. The molecule has 5 heteroatoms. The van der Waals surface area contributed by atoms with Crippen LogP contribution >= 0.6 is 0 Å². The largest absolute Gasteiger partial charge is 0.423 e. The molecule has 0 N–H and O–H groups in total. The van der Waals surface area contributed by atoms with Gasteiger partial charge in [0.2, 0.25) is 0 Å². The first-order valence-electron chi connectivity index (χ1n) is 6.43. The van der Waals surface area contributed by atoms with Gasteiger partial charge in [-0.25, -0.2) is 9.18 Å². The van der Waals surface area contributed by atoms with Gasteiger partial charge in [0, 0.05) is 6.07 Å². The zero-order chi connectivity index (χ0) is 16.5. The summed E-state index contributed by atoms with van der Waals surface area (Å²) in [5.74, 6) is -1.19. The van der Waals surface area contributed by atoms with Gasteiger partial charge in [-0.2, -0.15) is 5.26 Å². The Kier molecular flexibility index (Phi) is 6.45. The van der Waals surface area contributed by atoms with Crippen molar-refractivity contribution in [2.45, 2.75) is 13.3 Å². The zero-order valence-electron chi connectivity index (χ0n) is 12.0. The van der Waals surface area contributed by atoms with Crippen molar-refractivity contribution < 1.29 is 18.7 Å². The lowest BCUT2D eigenvalue weighted by Crippen LogP contribution is -2.08. The Balaban J connectivity index is 0.00000116. The van der Waals surface area contributed by atoms with Crippen molar-refractivity contribution in [3.63, 3.8) is 0 Å². The summed E-state index contributed by atoms with van der Waals surface area (Å²) >= 11 is 0. The molecule has 0 aliphatic carbocycles. The zero-order valence-corrected chi connectivity index (χ0v) is 12.0. The molecule has 0 unspecified atom stereocenters. The SMILES string of the molecule is C=O.CCc1ccc(C(=O)Oc2ccc(C#N)c(F)c2)cc1. The van der Waals surface area contributed by atoms with E-state index in [4.69, 9.17) is 14.8 Å². The van der Waals surface area contributed by atoms with Crippen LogP contribution < -0.4 is 4.74 Å². The summed E-state index contributed by atoms with van der Waals surface area (Å²) in [5, 5.41) is 8.62. The number of carbonyl (C=O) groups excluding carboxylic acids is 2. The number of rotatable bonds is 3. The Morgan fingerprint density at radius 3 is 2.36 bits per heavy atom. The van der Waals surface area contributed by atoms with Crippen molar-refractivity contribution >= 4 is 12.8 Å². The van der Waals surface area contributed by atoms with Gasteiger partial charge in [-0.3, -0.25) is 0 Å². The van der Waals surface area contributed by atoms with Crippen molar-refractivity contribution in [3.05, 3.63) is 65.0 Å². The summed E-state index contributed by atoms with van der Waals surface area (Å²) in [6, 6.07) is 12.4. The highest BCUT2D eigenvalue weighted by Crippen LogP contribution is 2.17. The quantitative estimate of drug-likeness (QED) is 0.644. The summed E-state index contributed by atoms with van der Waals surface area (Å²) in [6.45, 7) is 4.02. The molecule has 112 valence electrons. The maximum absolute atomic E-state index is 13.4. The topological polar surface area (TPSA) is 67.2 Å². The van der Waals surface area contributed by atoms with Gasteiger partial charge in [-0.1, -0.05) is 19.1 Å². The minimum atomic E-state index is -0.709. The van der Waals surface area contributed by atoms with Gasteiger partial charge in [0.1, 0.15) is 24.4 Å². The molecule has 0 heterocycles. The van der Waals surface area contributed by atoms with Gasteiger partial charge in [0.25, 0.3) is 0 Å². The Morgan fingerprint density at radius 1 is 1.23 bits per heavy atom. The van der Waals surface area contributed by atoms with E-state index in [2.05, 4.69) is 0 Å². The standard InChI is InChI=1S/C16H12FNO2.CH2O/c1-2-11-3-5-12(6-4-11)16(19)20-14-8-7-13(10-18)15(17)9-14;1-2/h3-9H,2H2,1H3;1H2. The average molecular weight is 299 g/mol. The van der Waals surface area contributed by atoms with E-state index in [1.807, 2.05) is 25.8 Å². The Bertz CT molecular complexity index is 690. The monoisotopic (exact) mass is 299 g/mol. The molecular weight excluding hydrogens is 285 g/mol. The van der Waals surface area contributed by atoms with Crippen LogP contribution in [0.5, 0.6) is 5.75 Å². The van der Waals surface area contributed by atoms with E-state index in [-0.39, 0.29) is 11.3 Å². The molecule has 0 saturated heterocycles. The summed E-state index contributed by atoms with van der Waals surface area (Å²) in [5.41, 5.74) is 1.43. The van der Waals surface area contributed by atoms with E-state index in [0.29, 0.717) is 5.56 Å². The maximum Gasteiger partial charge on any atom is 0.343 e. The second-order valence-corrected chi connectivity index (χ2v) is 4.19. The van der Waals surface area contributed by atoms with Gasteiger partial charge >= 0.3 is 5.97 Å². The van der Waals surface area contributed by atoms with Crippen molar-refractivity contribution in [1.82, 2.24) is 0 Å². The van der Waals surface area contributed by atoms with Crippen LogP contribution in [0.15, 0.2) is 42.5 Å². The number of halogens is 1. The molecule has 2 rings (SSSR count). The number of esters is 1. The van der Waals surface area contributed by atoms with E-state index in [1.165, 1.54) is 12.1 Å². The predicted molar refractivity (Wildman–Crippen MR) is 79.0 cm³/mol. The lowest BCUT2D eigenvalue weighted by molar-refractivity contribution is -0.0980. The highest BCUT2D eigenvalue weighted by atomic mass is 19.1. The molecule has 0 amide bonds. The first-order valence-corrected chi connectivity index (χ1v) is 6.43. The molecule has 0 radical (unpaired) electrons. The molecule has 0 spiro atoms. The molecule has 22 heavy (non-hydrogen) atoms. The van der Waals surface area contributed by atoms with Crippen molar-refractivity contribution in [2.75, 3.05) is 0 Å². The van der Waals surface area contributed by atoms with Gasteiger partial charge < -0.3 is 9.53 Å². The summed E-state index contributed by atoms with van der Waals surface area (Å²) < 4.78 is 18.5. The fraction of sp³-hybridized carbons (Fsp3) is 0.118. The van der Waals surface area contributed by atoms with E-state index in [9.17, 15) is 9.18 Å². The van der Waals surface area contributed by atoms with Gasteiger partial charge in [-0.05, 0) is 36.2 Å². The van der Waals surface area contributed by atoms with E-state index < -0.39 is 11.8 Å². The molecule has 0 bridgehead atoms. The molecular formula is C17H14FNO3. The van der Waals surface area contributed by atoms with Crippen molar-refractivity contribution in [3.8, 4) is 11.8 Å². The molecule has 0 atom stereocenters. The van der Waals surface area contributed by atoms with E-state index in [0.717, 1.165) is 18.1 Å². The van der Waals surface area contributed by atoms with E-state index >= 15 is 0 Å². The fourth-order valence-corrected chi connectivity index (χ4v) is 1.69. The number of aryl methyl sites for hydroxylation is 1. The first kappa shape index (κ1) is 17.1. The molecule has 2 aromatic rings. The number of ether oxygens (including phenoxy) is 1. The first-order chi connectivity index (χ1) is 10.6. The normalized spacial score (nSPS) is 9.14. The van der Waals surface area contributed by atoms with Crippen LogP contribution in [0, 0.1) is 17.1 Å². The van der Waals surface area contributed by atoms with Crippen LogP contribution in [-0.2, 0) is 11.2 Å². The average Bonchev–Trinajstić information content (AvgIpc) is 2.57. The third-order valence-corrected chi connectivity index (χ3v) is 2.87. The highest BCUT2D eigenvalue weighted by Gasteiger charge is 2.10. The second-order valence-electron chi connectivity index (χ2n) is 4.19. The van der Waals surface area contributed by atoms with Crippen LogP contribution in [0.25, 0.3) is 0 Å². The minimum Gasteiger partial charge on any atom is -0.423 e. The predicted octanol–water partition coefficient (Wildman–Crippen LogP) is 3.29. The van der Waals surface area contributed by atoms with Crippen LogP contribution in [0.1, 0.15) is 28.4 Å². The third-order valence-electron chi connectivity index (χ3n) is 2.87. The number of hydrogen-bond acceptors (Lipinski definition) is 4. The fourth-order valence-electron chi connectivity index (χ4n) is 1.69. The van der Waals surface area contributed by atoms with Crippen LogP contribution in [-0.4, -0.2) is 12.8 Å².